The summed E-state index contributed by atoms with van der Waals surface area (Å²) >= 11 is 0. The molecule has 0 aliphatic carbocycles. The molecule has 2 rings (SSSR count). The van der Waals surface area contributed by atoms with Crippen LogP contribution < -0.4 is 5.73 Å². The van der Waals surface area contributed by atoms with E-state index < -0.39 is 5.60 Å². The molecule has 0 spiro atoms. The summed E-state index contributed by atoms with van der Waals surface area (Å²) < 4.78 is 5.26. The molecule has 0 unspecified atom stereocenters. The summed E-state index contributed by atoms with van der Waals surface area (Å²) in [5.74, 6) is 0. The maximum Gasteiger partial charge on any atom is 0.0960 e. The lowest BCUT2D eigenvalue weighted by Crippen LogP contribution is -2.34. The van der Waals surface area contributed by atoms with Gasteiger partial charge in [-0.15, -0.1) is 0 Å². The minimum Gasteiger partial charge on any atom is -0.398 e. The average Bonchev–Trinajstić information content (AvgIpc) is 2.23. The van der Waals surface area contributed by atoms with Gasteiger partial charge in [-0.3, -0.25) is 0 Å². The Bertz CT molecular complexity index is 357. The van der Waals surface area contributed by atoms with Gasteiger partial charge in [-0.05, 0) is 13.0 Å². The number of aliphatic hydroxyl groups is 1. The first kappa shape index (κ1) is 10.5. The van der Waals surface area contributed by atoms with E-state index in [1.807, 2.05) is 25.1 Å². The molecule has 1 aliphatic rings. The Hall–Kier alpha value is -1.06. The van der Waals surface area contributed by atoms with Crippen LogP contribution in [0.2, 0.25) is 0 Å². The first-order valence-corrected chi connectivity index (χ1v) is 5.28. The highest BCUT2D eigenvalue weighted by Crippen LogP contribution is 2.35. The van der Waals surface area contributed by atoms with Crippen molar-refractivity contribution in [3.8, 4) is 0 Å². The highest BCUT2D eigenvalue weighted by atomic mass is 16.5. The van der Waals surface area contributed by atoms with Crippen LogP contribution in [0.5, 0.6) is 0 Å². The molecule has 1 aliphatic heterocycles. The summed E-state index contributed by atoms with van der Waals surface area (Å²) in [5.41, 5.74) is 7.76. The number of ether oxygens (including phenoxy) is 1. The second-order valence-electron chi connectivity index (χ2n) is 4.23. The van der Waals surface area contributed by atoms with E-state index in [1.165, 1.54) is 0 Å². The molecule has 3 N–H and O–H groups in total. The predicted octanol–water partition coefficient (Wildman–Crippen LogP) is 1.58. The molecule has 0 aromatic heterocycles. The van der Waals surface area contributed by atoms with Crippen LogP contribution in [0.4, 0.5) is 5.69 Å². The molecule has 0 saturated carbocycles. The largest absolute Gasteiger partial charge is 0.398 e. The Morgan fingerprint density at radius 3 is 2.67 bits per heavy atom. The Labute approximate surface area is 89.9 Å². The second-order valence-corrected chi connectivity index (χ2v) is 4.23. The molecule has 1 fully saturated rings. The van der Waals surface area contributed by atoms with Crippen molar-refractivity contribution in [1.29, 1.82) is 0 Å². The maximum atomic E-state index is 10.5. The number of hydrogen-bond acceptors (Lipinski definition) is 3. The van der Waals surface area contributed by atoms with Crippen LogP contribution in [-0.4, -0.2) is 18.3 Å². The maximum absolute atomic E-state index is 10.5. The summed E-state index contributed by atoms with van der Waals surface area (Å²) in [6.07, 6.45) is 1.25. The Balaban J connectivity index is 2.38. The lowest BCUT2D eigenvalue weighted by atomic mass is 9.85. The number of anilines is 1. The van der Waals surface area contributed by atoms with Crippen LogP contribution in [0.25, 0.3) is 0 Å². The Kier molecular flexibility index (Phi) is 2.67. The number of aryl methyl sites for hydroxylation is 1. The fraction of sp³-hybridized carbons (Fsp3) is 0.500. The standard InChI is InChI=1S/C12H17NO2/c1-9-2-3-11(13)10(8-9)12(14)4-6-15-7-5-12/h2-3,8,14H,4-7,13H2,1H3. The summed E-state index contributed by atoms with van der Waals surface area (Å²) in [7, 11) is 0. The normalized spacial score (nSPS) is 20.1. The van der Waals surface area contributed by atoms with Crippen molar-refractivity contribution >= 4 is 5.69 Å². The number of benzene rings is 1. The third kappa shape index (κ3) is 1.98. The van der Waals surface area contributed by atoms with Crippen molar-refractivity contribution in [2.45, 2.75) is 25.4 Å². The molecule has 82 valence electrons. The fourth-order valence-electron chi connectivity index (χ4n) is 2.05. The van der Waals surface area contributed by atoms with E-state index in [4.69, 9.17) is 10.5 Å². The smallest absolute Gasteiger partial charge is 0.0960 e. The molecule has 3 nitrogen and oxygen atoms in total. The lowest BCUT2D eigenvalue weighted by molar-refractivity contribution is -0.0674. The van der Waals surface area contributed by atoms with Crippen molar-refractivity contribution in [3.05, 3.63) is 29.3 Å². The molecule has 15 heavy (non-hydrogen) atoms. The molecule has 0 radical (unpaired) electrons. The zero-order valence-electron chi connectivity index (χ0n) is 8.99. The van der Waals surface area contributed by atoms with Crippen molar-refractivity contribution < 1.29 is 9.84 Å². The first-order chi connectivity index (χ1) is 7.12. The summed E-state index contributed by atoms with van der Waals surface area (Å²) in [6.45, 7) is 3.21. The Morgan fingerprint density at radius 1 is 1.33 bits per heavy atom. The molecule has 0 bridgehead atoms. The van der Waals surface area contributed by atoms with Gasteiger partial charge in [0, 0.05) is 37.3 Å². The number of nitrogen functional groups attached to an aromatic ring is 1. The second kappa shape index (κ2) is 3.83. The minimum atomic E-state index is -0.797. The number of nitrogens with two attached hydrogens (primary N) is 1. The van der Waals surface area contributed by atoms with E-state index in [-0.39, 0.29) is 0 Å². The van der Waals surface area contributed by atoms with E-state index in [2.05, 4.69) is 0 Å². The van der Waals surface area contributed by atoms with Gasteiger partial charge in [-0.1, -0.05) is 17.7 Å². The summed E-state index contributed by atoms with van der Waals surface area (Å²) in [6, 6.07) is 5.79. The number of rotatable bonds is 1. The first-order valence-electron chi connectivity index (χ1n) is 5.28. The highest BCUT2D eigenvalue weighted by Gasteiger charge is 2.33. The van der Waals surface area contributed by atoms with Crippen molar-refractivity contribution in [1.82, 2.24) is 0 Å². The zero-order chi connectivity index (χ0) is 10.9. The van der Waals surface area contributed by atoms with E-state index >= 15 is 0 Å². The molecule has 3 heteroatoms. The van der Waals surface area contributed by atoms with Crippen LogP contribution in [0.3, 0.4) is 0 Å². The van der Waals surface area contributed by atoms with Crippen LogP contribution in [0.1, 0.15) is 24.0 Å². The van der Waals surface area contributed by atoms with Crippen molar-refractivity contribution in [2.75, 3.05) is 18.9 Å². The van der Waals surface area contributed by atoms with E-state index in [0.29, 0.717) is 31.7 Å². The molecule has 1 aromatic rings. The van der Waals surface area contributed by atoms with Gasteiger partial charge in [0.2, 0.25) is 0 Å². The van der Waals surface area contributed by atoms with Gasteiger partial charge in [-0.2, -0.15) is 0 Å². The molecule has 1 heterocycles. The van der Waals surface area contributed by atoms with Gasteiger partial charge < -0.3 is 15.6 Å². The van der Waals surface area contributed by atoms with Gasteiger partial charge >= 0.3 is 0 Å². The van der Waals surface area contributed by atoms with E-state index in [9.17, 15) is 5.11 Å². The Morgan fingerprint density at radius 2 is 2.00 bits per heavy atom. The average molecular weight is 207 g/mol. The molecule has 1 aromatic carbocycles. The van der Waals surface area contributed by atoms with Crippen LogP contribution in [0, 0.1) is 6.92 Å². The summed E-state index contributed by atoms with van der Waals surface area (Å²) in [4.78, 5) is 0. The van der Waals surface area contributed by atoms with Gasteiger partial charge in [0.1, 0.15) is 0 Å². The minimum absolute atomic E-state index is 0.601. The molecule has 0 amide bonds. The van der Waals surface area contributed by atoms with Crippen molar-refractivity contribution in [3.63, 3.8) is 0 Å². The molecule has 0 atom stereocenters. The zero-order valence-corrected chi connectivity index (χ0v) is 8.99. The molecular formula is C12H17NO2. The predicted molar refractivity (Wildman–Crippen MR) is 59.5 cm³/mol. The molecule has 1 saturated heterocycles. The monoisotopic (exact) mass is 207 g/mol. The van der Waals surface area contributed by atoms with Crippen molar-refractivity contribution in [2.24, 2.45) is 0 Å². The summed E-state index contributed by atoms with van der Waals surface area (Å²) in [5, 5.41) is 10.5. The number of hydrogen-bond donors (Lipinski definition) is 2. The van der Waals surface area contributed by atoms with E-state index in [0.717, 1.165) is 11.1 Å². The van der Waals surface area contributed by atoms with Gasteiger partial charge in [0.15, 0.2) is 0 Å². The quantitative estimate of drug-likeness (QED) is 0.687. The highest BCUT2D eigenvalue weighted by molar-refractivity contribution is 5.51. The van der Waals surface area contributed by atoms with Crippen LogP contribution >= 0.6 is 0 Å². The third-order valence-electron chi connectivity index (χ3n) is 3.03. The van der Waals surface area contributed by atoms with Gasteiger partial charge in [-0.25, -0.2) is 0 Å². The van der Waals surface area contributed by atoms with Gasteiger partial charge in [0.25, 0.3) is 0 Å². The lowest BCUT2D eigenvalue weighted by Gasteiger charge is -2.33. The fourth-order valence-corrected chi connectivity index (χ4v) is 2.05. The van der Waals surface area contributed by atoms with Crippen LogP contribution in [-0.2, 0) is 10.3 Å². The topological polar surface area (TPSA) is 55.5 Å². The van der Waals surface area contributed by atoms with Gasteiger partial charge in [0.05, 0.1) is 5.60 Å². The third-order valence-corrected chi connectivity index (χ3v) is 3.03. The van der Waals surface area contributed by atoms with E-state index in [1.54, 1.807) is 0 Å². The molecular weight excluding hydrogens is 190 g/mol. The SMILES string of the molecule is Cc1ccc(N)c(C2(O)CCOCC2)c1. The van der Waals surface area contributed by atoms with Crippen LogP contribution in [0.15, 0.2) is 18.2 Å².